The van der Waals surface area contributed by atoms with Crippen LogP contribution in [-0.2, 0) is 33.9 Å². The van der Waals surface area contributed by atoms with Crippen LogP contribution in [0.4, 0.5) is 5.82 Å². The molecule has 17 heteroatoms. The maximum Gasteiger partial charge on any atom is 0.254 e. The van der Waals surface area contributed by atoms with Gasteiger partial charge in [-0.1, -0.05) is 118 Å². The highest BCUT2D eigenvalue weighted by Gasteiger charge is 2.44. The van der Waals surface area contributed by atoms with Crippen LogP contribution in [0.2, 0.25) is 0 Å². The number of likely N-dealkylation sites (tertiary alicyclic amines) is 1. The van der Waals surface area contributed by atoms with Gasteiger partial charge in [-0.25, -0.2) is 15.0 Å². The second-order valence-corrected chi connectivity index (χ2v) is 24.1. The number of hydrogen-bond acceptors (Lipinski definition) is 13. The van der Waals surface area contributed by atoms with Crippen molar-refractivity contribution < 1.29 is 24.3 Å². The molecule has 2 saturated heterocycles. The fraction of sp³-hybridized carbons (Fsp3) is 0.373. The second-order valence-electron chi connectivity index (χ2n) is 23.2. The molecule has 6 heterocycles. The van der Waals surface area contributed by atoms with Crippen molar-refractivity contribution in [1.29, 1.82) is 0 Å². The van der Waals surface area contributed by atoms with E-state index in [1.165, 1.54) is 4.90 Å². The first-order valence-electron chi connectivity index (χ1n) is 29.2. The number of nitrogens with zero attached hydrogens (tertiary/aromatic N) is 8. The van der Waals surface area contributed by atoms with Gasteiger partial charge in [-0.15, -0.1) is 11.3 Å². The van der Waals surface area contributed by atoms with Crippen LogP contribution < -0.4 is 16.0 Å². The normalized spacial score (nSPS) is 16.9. The third-order valence-corrected chi connectivity index (χ3v) is 17.0. The number of pyridine rings is 1. The van der Waals surface area contributed by atoms with Crippen molar-refractivity contribution in [1.82, 2.24) is 50.2 Å². The molecule has 4 aromatic carbocycles. The molecule has 4 N–H and O–H groups in total. The van der Waals surface area contributed by atoms with Crippen molar-refractivity contribution >= 4 is 63.8 Å². The molecule has 0 radical (unpaired) electrons. The van der Waals surface area contributed by atoms with E-state index in [1.807, 2.05) is 130 Å². The van der Waals surface area contributed by atoms with Gasteiger partial charge in [0.2, 0.25) is 17.7 Å². The minimum atomic E-state index is -0.853. The molecule has 3 aromatic heterocycles. The van der Waals surface area contributed by atoms with Gasteiger partial charge in [-0.05, 0) is 96.8 Å². The number of anilines is 1. The average Bonchev–Trinajstić information content (AvgIpc) is 3.75. The number of carbonyl (C=O) groups excluding carboxylic acids is 4. The topological polar surface area (TPSA) is 189 Å². The SMILES string of the molecule is CNc1nc(-c2cnc3ccccc3c2)nc2c1CCN(C(=O)c1ccc(/C=C/c3ccc(C#CCN4CCN(CCCCCC(=O)N[C@H](C(=O)N5C[C@H](O)C[C@H]5C(=O)NCc5ccc(-c6scnc6C)cc5)C(C)(C)C)CC4)cc3)cc1)C2. The predicted octanol–water partition coefficient (Wildman–Crippen LogP) is 8.87. The molecule has 3 atom stereocenters. The minimum absolute atomic E-state index is 0.0275. The van der Waals surface area contributed by atoms with Crippen LogP contribution in [0.1, 0.15) is 102 Å². The smallest absolute Gasteiger partial charge is 0.254 e. The average molecular weight is 1150 g/mol. The van der Waals surface area contributed by atoms with E-state index < -0.39 is 23.6 Å². The summed E-state index contributed by atoms with van der Waals surface area (Å²) in [7, 11) is 1.87. The number of β-amino-alcohol motifs (C(OH)–C–C–N with tert-alkyl or cyclic N) is 1. The van der Waals surface area contributed by atoms with Crippen molar-refractivity contribution in [3.05, 3.63) is 160 Å². The first kappa shape index (κ1) is 59.0. The first-order valence-corrected chi connectivity index (χ1v) is 30.1. The summed E-state index contributed by atoms with van der Waals surface area (Å²) in [4.78, 5) is 82.7. The number of aromatic nitrogens is 4. The number of piperazine rings is 1. The lowest BCUT2D eigenvalue weighted by Gasteiger charge is -2.35. The number of nitrogens with one attached hydrogen (secondary N) is 3. The van der Waals surface area contributed by atoms with Gasteiger partial charge in [0.15, 0.2) is 5.82 Å². The Kier molecular flexibility index (Phi) is 19.0. The molecule has 0 unspecified atom stereocenters. The Labute approximate surface area is 496 Å². The van der Waals surface area contributed by atoms with Gasteiger partial charge < -0.3 is 35.8 Å². The fourth-order valence-corrected chi connectivity index (χ4v) is 12.0. The molecule has 7 aromatic rings. The quantitative estimate of drug-likeness (QED) is 0.0364. The summed E-state index contributed by atoms with van der Waals surface area (Å²) in [6.07, 6.45) is 8.77. The van der Waals surface area contributed by atoms with Gasteiger partial charge in [0.1, 0.15) is 17.9 Å². The zero-order valence-electron chi connectivity index (χ0n) is 48.7. The van der Waals surface area contributed by atoms with Crippen LogP contribution in [0.5, 0.6) is 0 Å². The molecule has 0 saturated carbocycles. The maximum atomic E-state index is 14.1. The van der Waals surface area contributed by atoms with E-state index in [1.54, 1.807) is 17.5 Å². The van der Waals surface area contributed by atoms with E-state index >= 15 is 0 Å². The molecule has 3 aliphatic rings. The number of aliphatic hydroxyl groups is 1. The van der Waals surface area contributed by atoms with E-state index in [2.05, 4.69) is 77.9 Å². The number of hydrogen-bond donors (Lipinski definition) is 4. The van der Waals surface area contributed by atoms with E-state index in [0.29, 0.717) is 50.3 Å². The molecule has 434 valence electrons. The van der Waals surface area contributed by atoms with Gasteiger partial charge in [-0.3, -0.25) is 29.1 Å². The van der Waals surface area contributed by atoms with Gasteiger partial charge in [0.25, 0.3) is 5.91 Å². The first-order chi connectivity index (χ1) is 40.6. The number of amides is 4. The van der Waals surface area contributed by atoms with Crippen molar-refractivity contribution in [3.8, 4) is 33.7 Å². The Morgan fingerprint density at radius 3 is 2.27 bits per heavy atom. The van der Waals surface area contributed by atoms with Crippen LogP contribution >= 0.6 is 11.3 Å². The number of fused-ring (bicyclic) bond motifs is 2. The van der Waals surface area contributed by atoms with E-state index in [9.17, 15) is 24.3 Å². The minimum Gasteiger partial charge on any atom is -0.391 e. The summed E-state index contributed by atoms with van der Waals surface area (Å²) in [5, 5.41) is 20.9. The molecular weight excluding hydrogens is 1070 g/mol. The molecular formula is C67H75N11O5S. The van der Waals surface area contributed by atoms with Gasteiger partial charge in [0.05, 0.1) is 46.5 Å². The number of aryl methyl sites for hydroxylation is 1. The predicted molar refractivity (Wildman–Crippen MR) is 332 cm³/mol. The number of unbranched alkanes of at least 4 members (excludes halogenated alkanes) is 2. The lowest BCUT2D eigenvalue weighted by atomic mass is 9.85. The van der Waals surface area contributed by atoms with Crippen molar-refractivity contribution in [2.75, 3.05) is 64.7 Å². The summed E-state index contributed by atoms with van der Waals surface area (Å²) in [6, 6.07) is 32.3. The van der Waals surface area contributed by atoms with Gasteiger partial charge >= 0.3 is 0 Å². The maximum absolute atomic E-state index is 14.1. The standard InChI is InChI=1S/C67H75N11O5S/c1-45-60(84-44-71-45)50-26-24-49(25-27-50)40-70-64(81)58-39-54(79)42-78(58)66(83)61(67(2,3)4)73-59(80)15-7-6-10-31-75-34-36-76(37-35-75)32-11-12-46-16-18-47(19-17-46)20-21-48-22-28-51(29-23-48)65(82)77-33-30-55-57(43-77)72-62(74-63(55)68-5)53-38-52-13-8-9-14-56(52)69-41-53/h8-9,13-14,16-29,38,41,44,54,58,61,79H,6-7,10,15,30-37,39-40,42-43H2,1-5H3,(H,70,81)(H,73,80)(H,68,72,74)/b21-20+/t54-,58+,61-/m1/s1. The molecule has 16 nitrogen and oxygen atoms in total. The summed E-state index contributed by atoms with van der Waals surface area (Å²) < 4.78 is 0. The monoisotopic (exact) mass is 1150 g/mol. The Morgan fingerprint density at radius 2 is 1.56 bits per heavy atom. The zero-order valence-corrected chi connectivity index (χ0v) is 49.6. The summed E-state index contributed by atoms with van der Waals surface area (Å²) in [6.45, 7) is 14.5. The molecule has 84 heavy (non-hydrogen) atoms. The number of para-hydroxylation sites is 1. The van der Waals surface area contributed by atoms with Gasteiger partial charge in [-0.2, -0.15) is 0 Å². The van der Waals surface area contributed by atoms with Crippen LogP contribution in [0.25, 0.3) is 44.9 Å². The van der Waals surface area contributed by atoms with Crippen LogP contribution in [0.3, 0.4) is 0 Å². The van der Waals surface area contributed by atoms with Crippen molar-refractivity contribution in [2.24, 2.45) is 5.41 Å². The van der Waals surface area contributed by atoms with E-state index in [4.69, 9.17) is 9.97 Å². The van der Waals surface area contributed by atoms with Crippen LogP contribution in [-0.4, -0.2) is 146 Å². The number of benzene rings is 4. The molecule has 10 rings (SSSR count). The number of carbonyl (C=O) groups is 4. The van der Waals surface area contributed by atoms with Gasteiger partial charge in [0, 0.05) is 99.5 Å². The highest BCUT2D eigenvalue weighted by molar-refractivity contribution is 7.13. The molecule has 2 fully saturated rings. The zero-order chi connectivity index (χ0) is 58.7. The fourth-order valence-electron chi connectivity index (χ4n) is 11.2. The molecule has 0 bridgehead atoms. The summed E-state index contributed by atoms with van der Waals surface area (Å²) >= 11 is 1.59. The number of aliphatic hydroxyl groups excluding tert-OH is 1. The third-order valence-electron chi connectivity index (χ3n) is 16.1. The highest BCUT2D eigenvalue weighted by atomic mass is 32.1. The third kappa shape index (κ3) is 14.8. The van der Waals surface area contributed by atoms with Crippen molar-refractivity contribution in [2.45, 2.75) is 97.5 Å². The van der Waals surface area contributed by atoms with Crippen LogP contribution in [0.15, 0.2) is 115 Å². The molecule has 4 amide bonds. The largest absolute Gasteiger partial charge is 0.391 e. The Bertz CT molecular complexity index is 3560. The lowest BCUT2D eigenvalue weighted by Crippen LogP contribution is -2.57. The number of rotatable bonds is 18. The Balaban J connectivity index is 0.612. The molecule has 0 spiro atoms. The van der Waals surface area contributed by atoms with E-state index in [-0.39, 0.29) is 43.1 Å². The Morgan fingerprint density at radius 1 is 0.833 bits per heavy atom. The van der Waals surface area contributed by atoms with Crippen LogP contribution in [0, 0.1) is 24.2 Å². The number of thiazole rings is 1. The molecule has 0 aliphatic carbocycles. The Hall–Kier alpha value is -8.14. The highest BCUT2D eigenvalue weighted by Crippen LogP contribution is 2.31. The second kappa shape index (κ2) is 27.1. The van der Waals surface area contributed by atoms with Crippen molar-refractivity contribution in [3.63, 3.8) is 0 Å². The van der Waals surface area contributed by atoms with E-state index in [0.717, 1.165) is 117 Å². The lowest BCUT2D eigenvalue weighted by molar-refractivity contribution is -0.144. The summed E-state index contributed by atoms with van der Waals surface area (Å²) in [5.41, 5.74) is 11.5. The molecule has 3 aliphatic heterocycles. The summed E-state index contributed by atoms with van der Waals surface area (Å²) in [5.74, 6) is 7.17.